The Morgan fingerprint density at radius 3 is 2.67 bits per heavy atom. The van der Waals surface area contributed by atoms with E-state index >= 15 is 0 Å². The average Bonchev–Trinajstić information content (AvgIpc) is 2.09. The van der Waals surface area contributed by atoms with Crippen LogP contribution >= 0.6 is 15.9 Å². The Balaban J connectivity index is 2.58. The summed E-state index contributed by atoms with van der Waals surface area (Å²) in [4.78, 5) is 7.97. The van der Waals surface area contributed by atoms with Gasteiger partial charge in [0.1, 0.15) is 0 Å². The van der Waals surface area contributed by atoms with Crippen molar-refractivity contribution in [3.63, 3.8) is 0 Å². The fraction of sp³-hybridized carbons (Fsp3) is 0.429. The normalized spacial score (nSPS) is 12.6. The molecule has 1 aromatic rings. The molecule has 0 aliphatic heterocycles. The SMILES string of the molecule is C[C@@H](CO)Nc1ncc(Br)cn1. The molecule has 0 aromatic carbocycles. The lowest BCUT2D eigenvalue weighted by atomic mass is 10.4. The van der Waals surface area contributed by atoms with E-state index in [1.54, 1.807) is 12.4 Å². The molecule has 0 aliphatic rings. The molecule has 1 heterocycles. The molecule has 66 valence electrons. The summed E-state index contributed by atoms with van der Waals surface area (Å²) in [5.41, 5.74) is 0. The van der Waals surface area contributed by atoms with E-state index in [9.17, 15) is 0 Å². The Hall–Kier alpha value is -0.680. The van der Waals surface area contributed by atoms with Crippen molar-refractivity contribution in [1.29, 1.82) is 0 Å². The number of nitrogens with zero attached hydrogens (tertiary/aromatic N) is 2. The summed E-state index contributed by atoms with van der Waals surface area (Å²) in [6, 6.07) is -0.0221. The molecule has 2 N–H and O–H groups in total. The van der Waals surface area contributed by atoms with Crippen LogP contribution in [0.1, 0.15) is 6.92 Å². The zero-order chi connectivity index (χ0) is 8.97. The first kappa shape index (κ1) is 9.41. The summed E-state index contributed by atoms with van der Waals surface area (Å²) < 4.78 is 0.838. The Morgan fingerprint density at radius 2 is 2.17 bits per heavy atom. The summed E-state index contributed by atoms with van der Waals surface area (Å²) in [5.74, 6) is 0.528. The second-order valence-corrected chi connectivity index (χ2v) is 3.37. The summed E-state index contributed by atoms with van der Waals surface area (Å²) in [7, 11) is 0. The van der Waals surface area contributed by atoms with Gasteiger partial charge in [-0.2, -0.15) is 0 Å². The summed E-state index contributed by atoms with van der Waals surface area (Å²) in [5, 5.41) is 11.6. The molecule has 0 aliphatic carbocycles. The molecule has 5 heteroatoms. The molecule has 0 bridgehead atoms. The van der Waals surface area contributed by atoms with Gasteiger partial charge in [-0.15, -0.1) is 0 Å². The van der Waals surface area contributed by atoms with Gasteiger partial charge in [0, 0.05) is 18.4 Å². The number of anilines is 1. The second-order valence-electron chi connectivity index (χ2n) is 2.45. The number of halogens is 1. The monoisotopic (exact) mass is 231 g/mol. The highest BCUT2D eigenvalue weighted by molar-refractivity contribution is 9.10. The Bertz CT molecular complexity index is 239. The lowest BCUT2D eigenvalue weighted by Gasteiger charge is -2.09. The highest BCUT2D eigenvalue weighted by atomic mass is 79.9. The highest BCUT2D eigenvalue weighted by Crippen LogP contribution is 2.07. The lowest BCUT2D eigenvalue weighted by Crippen LogP contribution is -2.20. The third kappa shape index (κ3) is 2.75. The Kier molecular flexibility index (Phi) is 3.43. The summed E-state index contributed by atoms with van der Waals surface area (Å²) in [6.07, 6.45) is 3.30. The lowest BCUT2D eigenvalue weighted by molar-refractivity contribution is 0.281. The Labute approximate surface area is 79.2 Å². The maximum atomic E-state index is 8.72. The molecule has 0 unspecified atom stereocenters. The number of aliphatic hydroxyl groups is 1. The van der Waals surface area contributed by atoms with Crippen LogP contribution in [0.3, 0.4) is 0 Å². The van der Waals surface area contributed by atoms with Gasteiger partial charge in [0.15, 0.2) is 0 Å². The highest BCUT2D eigenvalue weighted by Gasteiger charge is 2.00. The van der Waals surface area contributed by atoms with Crippen LogP contribution in [0.5, 0.6) is 0 Å². The summed E-state index contributed by atoms with van der Waals surface area (Å²) in [6.45, 7) is 1.92. The van der Waals surface area contributed by atoms with Crippen molar-refractivity contribution in [2.75, 3.05) is 11.9 Å². The largest absolute Gasteiger partial charge is 0.394 e. The van der Waals surface area contributed by atoms with E-state index in [1.165, 1.54) is 0 Å². The molecule has 4 nitrogen and oxygen atoms in total. The first-order valence-corrected chi connectivity index (χ1v) is 4.36. The van der Waals surface area contributed by atoms with Gasteiger partial charge in [-0.3, -0.25) is 0 Å². The molecule has 0 amide bonds. The predicted octanol–water partition coefficient (Wildman–Crippen LogP) is 1.03. The molecule has 0 radical (unpaired) electrons. The van der Waals surface area contributed by atoms with Crippen molar-refractivity contribution in [1.82, 2.24) is 9.97 Å². The molecule has 0 saturated carbocycles. The van der Waals surface area contributed by atoms with Crippen LogP contribution in [0.15, 0.2) is 16.9 Å². The molecule has 1 rings (SSSR count). The molecular weight excluding hydrogens is 222 g/mol. The van der Waals surface area contributed by atoms with Crippen LogP contribution in [-0.2, 0) is 0 Å². The van der Waals surface area contributed by atoms with Crippen molar-refractivity contribution < 1.29 is 5.11 Å². The van der Waals surface area contributed by atoms with Crippen molar-refractivity contribution in [2.45, 2.75) is 13.0 Å². The maximum absolute atomic E-state index is 8.72. The quantitative estimate of drug-likeness (QED) is 0.817. The first-order chi connectivity index (χ1) is 5.72. The topological polar surface area (TPSA) is 58.0 Å². The second kappa shape index (κ2) is 4.37. The van der Waals surface area contributed by atoms with Gasteiger partial charge >= 0.3 is 0 Å². The molecule has 0 spiro atoms. The zero-order valence-corrected chi connectivity index (χ0v) is 8.24. The third-order valence-corrected chi connectivity index (χ3v) is 1.68. The van der Waals surface area contributed by atoms with Crippen LogP contribution in [0.25, 0.3) is 0 Å². The first-order valence-electron chi connectivity index (χ1n) is 3.57. The van der Waals surface area contributed by atoms with E-state index in [4.69, 9.17) is 5.11 Å². The molecular formula is C7H10BrN3O. The van der Waals surface area contributed by atoms with E-state index in [-0.39, 0.29) is 12.6 Å². The standard InChI is InChI=1S/C7H10BrN3O/c1-5(4-12)11-7-9-2-6(8)3-10-7/h2-3,5,12H,4H2,1H3,(H,9,10,11)/t5-/m0/s1. The Morgan fingerprint density at radius 1 is 1.58 bits per heavy atom. The molecule has 0 fully saturated rings. The molecule has 1 atom stereocenters. The molecule has 0 saturated heterocycles. The van der Waals surface area contributed by atoms with Crippen LogP contribution in [0, 0.1) is 0 Å². The van der Waals surface area contributed by atoms with Crippen LogP contribution in [-0.4, -0.2) is 27.7 Å². The van der Waals surface area contributed by atoms with Crippen LogP contribution in [0.2, 0.25) is 0 Å². The fourth-order valence-corrected chi connectivity index (χ4v) is 0.858. The van der Waals surface area contributed by atoms with E-state index < -0.39 is 0 Å². The van der Waals surface area contributed by atoms with Gasteiger partial charge in [-0.05, 0) is 22.9 Å². The van der Waals surface area contributed by atoms with Crippen molar-refractivity contribution in [3.05, 3.63) is 16.9 Å². The number of aromatic nitrogens is 2. The average molecular weight is 232 g/mol. The van der Waals surface area contributed by atoms with Gasteiger partial charge in [-0.25, -0.2) is 9.97 Å². The van der Waals surface area contributed by atoms with Crippen molar-refractivity contribution in [2.24, 2.45) is 0 Å². The smallest absolute Gasteiger partial charge is 0.222 e. The van der Waals surface area contributed by atoms with Gasteiger partial charge in [0.2, 0.25) is 5.95 Å². The third-order valence-electron chi connectivity index (χ3n) is 1.27. The van der Waals surface area contributed by atoms with Gasteiger partial charge in [-0.1, -0.05) is 0 Å². The van der Waals surface area contributed by atoms with E-state index in [0.717, 1.165) is 4.47 Å². The van der Waals surface area contributed by atoms with Crippen molar-refractivity contribution in [3.8, 4) is 0 Å². The predicted molar refractivity (Wildman–Crippen MR) is 49.9 cm³/mol. The van der Waals surface area contributed by atoms with Crippen LogP contribution in [0.4, 0.5) is 5.95 Å². The van der Waals surface area contributed by atoms with Gasteiger partial charge < -0.3 is 10.4 Å². The minimum Gasteiger partial charge on any atom is -0.394 e. The number of rotatable bonds is 3. The van der Waals surface area contributed by atoms with Gasteiger partial charge in [0.05, 0.1) is 11.1 Å². The fourth-order valence-electron chi connectivity index (χ4n) is 0.653. The van der Waals surface area contributed by atoms with E-state index in [0.29, 0.717) is 5.95 Å². The van der Waals surface area contributed by atoms with Crippen LogP contribution < -0.4 is 5.32 Å². The van der Waals surface area contributed by atoms with E-state index in [2.05, 4.69) is 31.2 Å². The summed E-state index contributed by atoms with van der Waals surface area (Å²) >= 11 is 3.23. The number of nitrogens with one attached hydrogen (secondary N) is 1. The van der Waals surface area contributed by atoms with Crippen molar-refractivity contribution >= 4 is 21.9 Å². The number of hydrogen-bond acceptors (Lipinski definition) is 4. The molecule has 12 heavy (non-hydrogen) atoms. The van der Waals surface area contributed by atoms with Gasteiger partial charge in [0.25, 0.3) is 0 Å². The minimum absolute atomic E-state index is 0.0221. The minimum atomic E-state index is -0.0221. The number of hydrogen-bond donors (Lipinski definition) is 2. The maximum Gasteiger partial charge on any atom is 0.222 e. The number of aliphatic hydroxyl groups excluding tert-OH is 1. The zero-order valence-electron chi connectivity index (χ0n) is 6.66. The molecule has 1 aromatic heterocycles. The van der Waals surface area contributed by atoms with E-state index in [1.807, 2.05) is 6.92 Å².